The molecule has 2 heterocycles. The average molecular weight is 807 g/mol. The minimum Gasteiger partial charge on any atom is -0.508 e. The second kappa shape index (κ2) is 18.8. The number of rotatable bonds is 16. The van der Waals surface area contributed by atoms with Gasteiger partial charge in [0, 0.05) is 7.11 Å². The van der Waals surface area contributed by atoms with Crippen LogP contribution in [-0.2, 0) is 60.7 Å². The zero-order chi connectivity index (χ0) is 42.5. The lowest BCUT2D eigenvalue weighted by molar-refractivity contribution is -0.291. The van der Waals surface area contributed by atoms with E-state index in [4.69, 9.17) is 37.9 Å². The molecule has 2 saturated heterocycles. The maximum absolute atomic E-state index is 13.6. The molecule has 0 amide bonds. The minimum atomic E-state index is -1.58. The van der Waals surface area contributed by atoms with Crippen molar-refractivity contribution in [3.05, 3.63) is 65.7 Å². The highest BCUT2D eigenvalue weighted by Gasteiger charge is 2.56. The minimum absolute atomic E-state index is 0.0186. The van der Waals surface area contributed by atoms with Crippen molar-refractivity contribution in [2.75, 3.05) is 13.7 Å². The molecule has 4 rings (SSSR count). The van der Waals surface area contributed by atoms with Gasteiger partial charge in [-0.2, -0.15) is 0 Å². The molecule has 15 nitrogen and oxygen atoms in total. The Hall–Kier alpha value is -3.22. The number of phenolic OH excluding ortho intramolecular Hbond substituents is 1. The van der Waals surface area contributed by atoms with Gasteiger partial charge in [-0.05, 0) is 92.0 Å². The standard InChI is InChI=1S/C42H62O15/c1-39(2,3)56-31-27(44)30(47)36(55-33(31)37(48)52-23-25-16-18-26(43)19-17-25)42(8,9)53-21-20-40(4,5)57-32-28(45)29(46)35(41(6,7)50-10)54-34(32)38(49)51-22-24-14-12-11-13-15-24/h11-19,27-36,43-47H,20-23H2,1-10H3/t27?,28?,29?,30?,31-,32-,33?,34?,35?,36?/m0/s1. The molecule has 0 spiro atoms. The van der Waals surface area contributed by atoms with Gasteiger partial charge in [0.1, 0.15) is 67.8 Å². The summed E-state index contributed by atoms with van der Waals surface area (Å²) in [5.74, 6) is -1.58. The number of hydrogen-bond donors (Lipinski definition) is 5. The summed E-state index contributed by atoms with van der Waals surface area (Å²) in [5.41, 5.74) is -3.01. The average Bonchev–Trinajstić information content (AvgIpc) is 3.13. The van der Waals surface area contributed by atoms with Crippen molar-refractivity contribution in [2.24, 2.45) is 0 Å². The fourth-order valence-electron chi connectivity index (χ4n) is 6.76. The molecular weight excluding hydrogens is 744 g/mol. The molecule has 0 saturated carbocycles. The number of aliphatic hydroxyl groups excluding tert-OH is 4. The Morgan fingerprint density at radius 3 is 1.56 bits per heavy atom. The first kappa shape index (κ1) is 46.5. The molecule has 0 bridgehead atoms. The molecule has 10 atom stereocenters. The second-order valence-electron chi connectivity index (χ2n) is 17.3. The van der Waals surface area contributed by atoms with E-state index in [0.717, 1.165) is 5.56 Å². The number of methoxy groups -OCH3 is 1. The van der Waals surface area contributed by atoms with Gasteiger partial charge in [-0.25, -0.2) is 9.59 Å². The Balaban J connectivity index is 1.46. The summed E-state index contributed by atoms with van der Waals surface area (Å²) in [6, 6.07) is 15.2. The molecule has 2 aromatic carbocycles. The van der Waals surface area contributed by atoms with Crippen molar-refractivity contribution < 1.29 is 73.0 Å². The molecule has 57 heavy (non-hydrogen) atoms. The molecule has 2 aliphatic heterocycles. The van der Waals surface area contributed by atoms with E-state index in [-0.39, 0.29) is 32.0 Å². The van der Waals surface area contributed by atoms with E-state index < -0.39 is 95.4 Å². The number of aliphatic hydroxyl groups is 4. The third-order valence-electron chi connectivity index (χ3n) is 10.2. The molecule has 15 heteroatoms. The van der Waals surface area contributed by atoms with Crippen molar-refractivity contribution >= 4 is 11.9 Å². The SMILES string of the molecule is COC(C)(C)C1OC(C(=O)OCc2ccccc2)[C@@H](OC(C)(C)CCOC(C)(C)C2OC(C(=O)OCc3ccc(O)cc3)[C@@H](OC(C)(C)C)C(O)C2O)C(O)C1O. The smallest absolute Gasteiger partial charge is 0.338 e. The molecule has 0 aromatic heterocycles. The molecule has 2 aliphatic rings. The Labute approximate surface area is 335 Å². The van der Waals surface area contributed by atoms with Crippen LogP contribution in [0.1, 0.15) is 79.9 Å². The number of benzene rings is 2. The lowest BCUT2D eigenvalue weighted by Crippen LogP contribution is -2.67. The Kier molecular flexibility index (Phi) is 15.3. The number of phenols is 1. The fraction of sp³-hybridized carbons (Fsp3) is 0.667. The van der Waals surface area contributed by atoms with Gasteiger partial charge in [0.15, 0.2) is 12.2 Å². The van der Waals surface area contributed by atoms with Gasteiger partial charge >= 0.3 is 11.9 Å². The first-order chi connectivity index (χ1) is 26.5. The maximum Gasteiger partial charge on any atom is 0.338 e. The van der Waals surface area contributed by atoms with E-state index in [9.17, 15) is 35.1 Å². The zero-order valence-corrected chi connectivity index (χ0v) is 34.6. The van der Waals surface area contributed by atoms with Gasteiger partial charge in [-0.15, -0.1) is 0 Å². The second-order valence-corrected chi connectivity index (χ2v) is 17.3. The molecule has 0 radical (unpaired) electrons. The molecule has 5 N–H and O–H groups in total. The van der Waals surface area contributed by atoms with E-state index in [1.807, 2.05) is 18.2 Å². The van der Waals surface area contributed by atoms with Crippen LogP contribution in [0.3, 0.4) is 0 Å². The molecular formula is C42H62O15. The number of aromatic hydroxyl groups is 1. The summed E-state index contributed by atoms with van der Waals surface area (Å²) in [6.45, 7) is 15.0. The maximum atomic E-state index is 13.6. The predicted octanol–water partition coefficient (Wildman–Crippen LogP) is 3.12. The summed E-state index contributed by atoms with van der Waals surface area (Å²) in [4.78, 5) is 27.1. The van der Waals surface area contributed by atoms with Crippen LogP contribution in [0.15, 0.2) is 54.6 Å². The summed E-state index contributed by atoms with van der Waals surface area (Å²) < 4.78 is 47.6. The van der Waals surface area contributed by atoms with Crippen molar-refractivity contribution in [1.29, 1.82) is 0 Å². The van der Waals surface area contributed by atoms with Crippen LogP contribution in [0.5, 0.6) is 5.75 Å². The van der Waals surface area contributed by atoms with Crippen LogP contribution in [0.2, 0.25) is 0 Å². The van der Waals surface area contributed by atoms with E-state index in [1.54, 1.807) is 86.6 Å². The summed E-state index contributed by atoms with van der Waals surface area (Å²) in [7, 11) is 1.43. The number of hydrogen-bond acceptors (Lipinski definition) is 15. The number of ether oxygens (including phenoxy) is 8. The number of carbonyl (C=O) groups excluding carboxylic acids is 2. The first-order valence-electron chi connectivity index (χ1n) is 19.2. The lowest BCUT2D eigenvalue weighted by Gasteiger charge is -2.49. The monoisotopic (exact) mass is 806 g/mol. The topological polar surface area (TPSA) is 209 Å². The third-order valence-corrected chi connectivity index (χ3v) is 10.2. The van der Waals surface area contributed by atoms with Gasteiger partial charge in [0.25, 0.3) is 0 Å². The predicted molar refractivity (Wildman–Crippen MR) is 205 cm³/mol. The molecule has 0 aliphatic carbocycles. The number of esters is 2. The van der Waals surface area contributed by atoms with E-state index in [2.05, 4.69) is 0 Å². The normalized spacial score (nSPS) is 28.8. The van der Waals surface area contributed by atoms with E-state index in [1.165, 1.54) is 19.2 Å². The van der Waals surface area contributed by atoms with Gasteiger partial charge in [-0.1, -0.05) is 42.5 Å². The van der Waals surface area contributed by atoms with Crippen LogP contribution in [0.4, 0.5) is 0 Å². The van der Waals surface area contributed by atoms with Crippen molar-refractivity contribution in [2.45, 2.75) is 165 Å². The summed E-state index contributed by atoms with van der Waals surface area (Å²) in [5, 5.41) is 54.9. The Bertz CT molecular complexity index is 1590. The van der Waals surface area contributed by atoms with Gasteiger partial charge in [0.05, 0.1) is 29.0 Å². The highest BCUT2D eigenvalue weighted by Crippen LogP contribution is 2.37. The van der Waals surface area contributed by atoms with Crippen LogP contribution in [0, 0.1) is 0 Å². The highest BCUT2D eigenvalue weighted by atomic mass is 16.6. The van der Waals surface area contributed by atoms with Crippen LogP contribution >= 0.6 is 0 Å². The quantitative estimate of drug-likeness (QED) is 0.155. The number of carbonyl (C=O) groups is 2. The largest absolute Gasteiger partial charge is 0.508 e. The van der Waals surface area contributed by atoms with Gasteiger partial charge in [-0.3, -0.25) is 0 Å². The van der Waals surface area contributed by atoms with Crippen LogP contribution in [-0.4, -0.2) is 135 Å². The Morgan fingerprint density at radius 2 is 1.09 bits per heavy atom. The van der Waals surface area contributed by atoms with E-state index >= 15 is 0 Å². The molecule has 2 aromatic rings. The Morgan fingerprint density at radius 1 is 0.632 bits per heavy atom. The highest BCUT2D eigenvalue weighted by molar-refractivity contribution is 5.76. The van der Waals surface area contributed by atoms with Crippen molar-refractivity contribution in [3.8, 4) is 5.75 Å². The molecule has 8 unspecified atom stereocenters. The van der Waals surface area contributed by atoms with Crippen molar-refractivity contribution in [3.63, 3.8) is 0 Å². The van der Waals surface area contributed by atoms with Gasteiger partial charge in [0.2, 0.25) is 0 Å². The third kappa shape index (κ3) is 12.2. The lowest BCUT2D eigenvalue weighted by atomic mass is 9.86. The fourth-order valence-corrected chi connectivity index (χ4v) is 6.76. The summed E-state index contributed by atoms with van der Waals surface area (Å²) >= 11 is 0. The van der Waals surface area contributed by atoms with Crippen molar-refractivity contribution in [1.82, 2.24) is 0 Å². The molecule has 320 valence electrons. The molecule has 2 fully saturated rings. The summed E-state index contributed by atoms with van der Waals surface area (Å²) in [6.07, 6.45) is -13.9. The first-order valence-corrected chi connectivity index (χ1v) is 19.2. The van der Waals surface area contributed by atoms with E-state index in [0.29, 0.717) is 5.56 Å². The van der Waals surface area contributed by atoms with Gasteiger partial charge < -0.3 is 63.4 Å². The van der Waals surface area contributed by atoms with Crippen LogP contribution in [0.25, 0.3) is 0 Å². The van der Waals surface area contributed by atoms with Crippen LogP contribution < -0.4 is 0 Å². The zero-order valence-electron chi connectivity index (χ0n) is 34.6.